The maximum atomic E-state index is 3.90. The van der Waals surface area contributed by atoms with Crippen molar-refractivity contribution in [3.63, 3.8) is 0 Å². The summed E-state index contributed by atoms with van der Waals surface area (Å²) >= 11 is 1.44. The molecule has 0 atom stereocenters. The first-order valence-corrected chi connectivity index (χ1v) is 4.73. The van der Waals surface area contributed by atoms with Gasteiger partial charge in [0.2, 0.25) is 0 Å². The van der Waals surface area contributed by atoms with Gasteiger partial charge >= 0.3 is 71.9 Å². The van der Waals surface area contributed by atoms with Gasteiger partial charge in [0.15, 0.2) is 0 Å². The van der Waals surface area contributed by atoms with Gasteiger partial charge in [-0.1, -0.05) is 0 Å². The fourth-order valence-electron chi connectivity index (χ4n) is 0.836. The van der Waals surface area contributed by atoms with Crippen molar-refractivity contribution in [2.75, 3.05) is 0 Å². The Morgan fingerprint density at radius 2 is 2.40 bits per heavy atom. The van der Waals surface area contributed by atoms with E-state index in [1.807, 2.05) is 12.2 Å². The van der Waals surface area contributed by atoms with Crippen LogP contribution in [0.4, 0.5) is 0 Å². The quantitative estimate of drug-likeness (QED) is 0.711. The fraction of sp³-hybridized carbons (Fsp3) is 0.125. The summed E-state index contributed by atoms with van der Waals surface area (Å²) < 4.78 is 2.09. The Balaban J connectivity index is 2.91. The van der Waals surface area contributed by atoms with Gasteiger partial charge in [0.1, 0.15) is 0 Å². The summed E-state index contributed by atoms with van der Waals surface area (Å²) in [6.07, 6.45) is 6.10. The summed E-state index contributed by atoms with van der Waals surface area (Å²) in [7, 11) is 0. The van der Waals surface area contributed by atoms with E-state index in [-0.39, 0.29) is 0 Å². The second-order valence-electron chi connectivity index (χ2n) is 2.13. The van der Waals surface area contributed by atoms with Crippen LogP contribution in [-0.2, 0) is 19.4 Å². The van der Waals surface area contributed by atoms with Crippen molar-refractivity contribution >= 4 is 4.52 Å². The molecule has 0 aromatic carbocycles. The number of allylic oxidation sites excluding steroid dienone is 4. The van der Waals surface area contributed by atoms with E-state index >= 15 is 0 Å². The molecule has 0 N–H and O–H groups in total. The van der Waals surface area contributed by atoms with Gasteiger partial charge in [-0.3, -0.25) is 0 Å². The molecule has 0 aromatic rings. The van der Waals surface area contributed by atoms with E-state index in [2.05, 4.69) is 29.0 Å². The molecule has 0 amide bonds. The van der Waals surface area contributed by atoms with E-state index in [0.717, 1.165) is 5.70 Å². The third kappa shape index (κ3) is 1.35. The maximum absolute atomic E-state index is 3.90. The van der Waals surface area contributed by atoms with Crippen LogP contribution in [0.3, 0.4) is 0 Å². The van der Waals surface area contributed by atoms with E-state index in [9.17, 15) is 0 Å². The molecule has 0 saturated carbocycles. The van der Waals surface area contributed by atoms with Crippen molar-refractivity contribution in [1.29, 1.82) is 0 Å². The van der Waals surface area contributed by atoms with E-state index in [0.29, 0.717) is 0 Å². The molecule has 0 fully saturated rings. The SMILES string of the molecule is C=C1C=CC=C(C)N1[CH]=[W]. The number of nitrogens with zero attached hydrogens (tertiary/aromatic N) is 1. The molecule has 1 aliphatic rings. The van der Waals surface area contributed by atoms with Gasteiger partial charge in [0, 0.05) is 0 Å². The zero-order valence-electron chi connectivity index (χ0n) is 5.87. The summed E-state index contributed by atoms with van der Waals surface area (Å²) in [5, 5.41) is 0. The molecule has 1 nitrogen and oxygen atoms in total. The Hall–Kier alpha value is -0.422. The van der Waals surface area contributed by atoms with Gasteiger partial charge in [0.25, 0.3) is 0 Å². The Bertz CT molecular complexity index is 225. The molecule has 1 heterocycles. The van der Waals surface area contributed by atoms with Crippen LogP contribution < -0.4 is 0 Å². The second kappa shape index (κ2) is 3.11. The molecule has 0 bridgehead atoms. The van der Waals surface area contributed by atoms with Crippen molar-refractivity contribution in [2.24, 2.45) is 0 Å². The fourth-order valence-corrected chi connectivity index (χ4v) is 1.92. The molecular formula is C8H9NW. The Kier molecular flexibility index (Phi) is 2.39. The molecule has 0 radical (unpaired) electrons. The molecule has 1 aliphatic heterocycles. The minimum atomic E-state index is 1.05. The Morgan fingerprint density at radius 3 is 2.80 bits per heavy atom. The van der Waals surface area contributed by atoms with E-state index < -0.39 is 0 Å². The van der Waals surface area contributed by atoms with Gasteiger partial charge in [0.05, 0.1) is 0 Å². The van der Waals surface area contributed by atoms with Gasteiger partial charge in [-0.25, -0.2) is 0 Å². The molecule has 0 aromatic heterocycles. The third-order valence-corrected chi connectivity index (χ3v) is 2.18. The zero-order chi connectivity index (χ0) is 7.56. The van der Waals surface area contributed by atoms with Crippen LogP contribution in [0.25, 0.3) is 0 Å². The summed E-state index contributed by atoms with van der Waals surface area (Å²) in [5.74, 6) is 0. The van der Waals surface area contributed by atoms with Crippen LogP contribution in [-0.4, -0.2) is 9.42 Å². The van der Waals surface area contributed by atoms with Gasteiger partial charge in [-0.2, -0.15) is 0 Å². The molecule has 0 saturated heterocycles. The molecule has 0 aliphatic carbocycles. The number of hydrogen-bond donors (Lipinski definition) is 0. The Morgan fingerprint density at radius 1 is 1.70 bits per heavy atom. The van der Waals surface area contributed by atoms with Gasteiger partial charge < -0.3 is 0 Å². The van der Waals surface area contributed by atoms with Crippen LogP contribution >= 0.6 is 0 Å². The Labute approximate surface area is 72.1 Å². The summed E-state index contributed by atoms with van der Waals surface area (Å²) in [6.45, 7) is 5.97. The van der Waals surface area contributed by atoms with Crippen molar-refractivity contribution in [3.05, 3.63) is 36.2 Å². The molecule has 0 spiro atoms. The van der Waals surface area contributed by atoms with Crippen LogP contribution in [0.1, 0.15) is 6.92 Å². The summed E-state index contributed by atoms with van der Waals surface area (Å²) in [6, 6.07) is 0. The summed E-state index contributed by atoms with van der Waals surface area (Å²) in [4.78, 5) is 2.09. The molecular weight excluding hydrogens is 294 g/mol. The van der Waals surface area contributed by atoms with Crippen LogP contribution in [0.15, 0.2) is 36.2 Å². The van der Waals surface area contributed by atoms with Gasteiger partial charge in [-0.05, 0) is 0 Å². The van der Waals surface area contributed by atoms with E-state index in [4.69, 9.17) is 0 Å². The topological polar surface area (TPSA) is 3.24 Å². The van der Waals surface area contributed by atoms with Crippen molar-refractivity contribution in [2.45, 2.75) is 6.92 Å². The van der Waals surface area contributed by atoms with Crippen LogP contribution in [0.5, 0.6) is 0 Å². The molecule has 2 heteroatoms. The minimum absolute atomic E-state index is 1.05. The summed E-state index contributed by atoms with van der Waals surface area (Å²) in [5.41, 5.74) is 2.29. The zero-order valence-corrected chi connectivity index (χ0v) is 8.81. The normalized spacial score (nSPS) is 17.1. The average Bonchev–Trinajstić information content (AvgIpc) is 1.88. The van der Waals surface area contributed by atoms with Crippen molar-refractivity contribution < 1.29 is 19.4 Å². The van der Waals surface area contributed by atoms with Gasteiger partial charge in [-0.15, -0.1) is 0 Å². The first kappa shape index (κ1) is 7.68. The standard InChI is InChI=1S/C8H9N.W/c1-7-5-4-6-8(2)9(7)3;/h3-6H,1H2,2H3;. The van der Waals surface area contributed by atoms with Crippen molar-refractivity contribution in [3.8, 4) is 0 Å². The first-order chi connectivity index (χ1) is 4.75. The third-order valence-electron chi connectivity index (χ3n) is 1.42. The molecule has 0 unspecified atom stereocenters. The number of rotatable bonds is 1. The second-order valence-corrected chi connectivity index (χ2v) is 2.89. The van der Waals surface area contributed by atoms with Crippen molar-refractivity contribution in [1.82, 2.24) is 4.90 Å². The molecule has 52 valence electrons. The van der Waals surface area contributed by atoms with E-state index in [1.54, 1.807) is 0 Å². The molecule has 10 heavy (non-hydrogen) atoms. The average molecular weight is 303 g/mol. The van der Waals surface area contributed by atoms with Crippen LogP contribution in [0, 0.1) is 0 Å². The predicted molar refractivity (Wildman–Crippen MR) is 39.9 cm³/mol. The first-order valence-electron chi connectivity index (χ1n) is 3.04. The number of hydrogen-bond acceptors (Lipinski definition) is 1. The predicted octanol–water partition coefficient (Wildman–Crippen LogP) is 1.58. The molecule has 1 rings (SSSR count). The monoisotopic (exact) mass is 303 g/mol. The van der Waals surface area contributed by atoms with Crippen LogP contribution in [0.2, 0.25) is 0 Å². The van der Waals surface area contributed by atoms with E-state index in [1.165, 1.54) is 25.1 Å².